The van der Waals surface area contributed by atoms with Crippen molar-refractivity contribution in [3.63, 3.8) is 0 Å². The van der Waals surface area contributed by atoms with E-state index in [2.05, 4.69) is 5.10 Å². The number of halogens is 3. The standard InChI is InChI=1S/C15H14F3N3O3/c1-8-6-9(16)2-3-12(8)21-5-4-10(20-21)14(22)19-11(15(23)24)7-13(17)18/h2-6,11,13H,7H2,1H3,(H,19,22)(H,23,24). The van der Waals surface area contributed by atoms with E-state index in [-0.39, 0.29) is 5.69 Å². The van der Waals surface area contributed by atoms with Gasteiger partial charge in [0.15, 0.2) is 5.69 Å². The highest BCUT2D eigenvalue weighted by molar-refractivity contribution is 5.94. The Kier molecular flexibility index (Phi) is 5.22. The molecule has 1 aromatic heterocycles. The van der Waals surface area contributed by atoms with E-state index in [1.165, 1.54) is 35.1 Å². The molecule has 1 aromatic carbocycles. The average Bonchev–Trinajstić information content (AvgIpc) is 2.95. The fraction of sp³-hybridized carbons (Fsp3) is 0.267. The van der Waals surface area contributed by atoms with Crippen molar-refractivity contribution in [3.8, 4) is 5.69 Å². The molecule has 0 aliphatic carbocycles. The largest absolute Gasteiger partial charge is 0.480 e. The van der Waals surface area contributed by atoms with Crippen molar-refractivity contribution in [3.05, 3.63) is 47.5 Å². The minimum atomic E-state index is -2.87. The third-order valence-corrected chi connectivity index (χ3v) is 3.24. The molecule has 1 heterocycles. The molecule has 0 spiro atoms. The van der Waals surface area contributed by atoms with E-state index in [1.807, 2.05) is 5.32 Å². The molecular formula is C15H14F3N3O3. The van der Waals surface area contributed by atoms with Crippen molar-refractivity contribution >= 4 is 11.9 Å². The zero-order valence-electron chi connectivity index (χ0n) is 12.5. The number of aromatic nitrogens is 2. The number of carbonyl (C=O) groups excluding carboxylic acids is 1. The summed E-state index contributed by atoms with van der Waals surface area (Å²) in [6, 6.07) is 3.58. The summed E-state index contributed by atoms with van der Waals surface area (Å²) in [7, 11) is 0. The van der Waals surface area contributed by atoms with E-state index in [9.17, 15) is 22.8 Å². The lowest BCUT2D eigenvalue weighted by Crippen LogP contribution is -2.42. The van der Waals surface area contributed by atoms with E-state index in [0.717, 1.165) is 0 Å². The molecule has 9 heteroatoms. The zero-order valence-corrected chi connectivity index (χ0v) is 12.5. The smallest absolute Gasteiger partial charge is 0.326 e. The van der Waals surface area contributed by atoms with Crippen LogP contribution in [-0.4, -0.2) is 39.2 Å². The van der Waals surface area contributed by atoms with Gasteiger partial charge < -0.3 is 10.4 Å². The number of nitrogens with zero attached hydrogens (tertiary/aromatic N) is 2. The van der Waals surface area contributed by atoms with Crippen LogP contribution in [0.3, 0.4) is 0 Å². The Hall–Kier alpha value is -2.84. The lowest BCUT2D eigenvalue weighted by molar-refractivity contribution is -0.140. The van der Waals surface area contributed by atoms with Crippen LogP contribution in [0.15, 0.2) is 30.5 Å². The van der Waals surface area contributed by atoms with Crippen LogP contribution in [0.2, 0.25) is 0 Å². The summed E-state index contributed by atoms with van der Waals surface area (Å²) in [5.74, 6) is -2.86. The van der Waals surface area contributed by atoms with E-state index >= 15 is 0 Å². The molecule has 1 unspecified atom stereocenters. The number of hydrogen-bond donors (Lipinski definition) is 2. The van der Waals surface area contributed by atoms with Gasteiger partial charge in [0.25, 0.3) is 5.91 Å². The van der Waals surface area contributed by atoms with Gasteiger partial charge in [-0.2, -0.15) is 5.10 Å². The van der Waals surface area contributed by atoms with Gasteiger partial charge in [-0.05, 0) is 36.8 Å². The van der Waals surface area contributed by atoms with Crippen molar-refractivity contribution in [2.75, 3.05) is 0 Å². The predicted molar refractivity (Wildman–Crippen MR) is 77.8 cm³/mol. The molecule has 0 fully saturated rings. The van der Waals surface area contributed by atoms with Gasteiger partial charge in [0, 0.05) is 12.6 Å². The average molecular weight is 341 g/mol. The Balaban J connectivity index is 2.17. The van der Waals surface area contributed by atoms with Gasteiger partial charge in [-0.1, -0.05) is 0 Å². The number of carboxylic acids is 1. The number of carboxylic acid groups (broad SMARTS) is 1. The fourth-order valence-electron chi connectivity index (χ4n) is 2.09. The summed E-state index contributed by atoms with van der Waals surface area (Å²) >= 11 is 0. The third kappa shape index (κ3) is 4.12. The van der Waals surface area contributed by atoms with Crippen LogP contribution in [0.5, 0.6) is 0 Å². The monoisotopic (exact) mass is 341 g/mol. The molecule has 0 saturated carbocycles. The normalized spacial score (nSPS) is 12.2. The molecule has 0 aliphatic rings. The summed E-state index contributed by atoms with van der Waals surface area (Å²) in [6.07, 6.45) is -2.44. The number of nitrogens with one attached hydrogen (secondary N) is 1. The highest BCUT2D eigenvalue weighted by Crippen LogP contribution is 2.15. The molecule has 0 saturated heterocycles. The maximum absolute atomic E-state index is 13.1. The summed E-state index contributed by atoms with van der Waals surface area (Å²) in [5.41, 5.74) is 0.961. The quantitative estimate of drug-likeness (QED) is 0.843. The van der Waals surface area contributed by atoms with E-state index in [4.69, 9.17) is 5.11 Å². The van der Waals surface area contributed by atoms with Crippen molar-refractivity contribution in [2.24, 2.45) is 0 Å². The summed E-state index contributed by atoms with van der Waals surface area (Å²) < 4.78 is 39.1. The van der Waals surface area contributed by atoms with Crippen molar-refractivity contribution in [1.29, 1.82) is 0 Å². The SMILES string of the molecule is Cc1cc(F)ccc1-n1ccc(C(=O)NC(CC(F)F)C(=O)O)n1. The first-order valence-corrected chi connectivity index (χ1v) is 6.92. The predicted octanol–water partition coefficient (Wildman–Crippen LogP) is 2.16. The maximum atomic E-state index is 13.1. The van der Waals surface area contributed by atoms with Crippen molar-refractivity contribution in [2.45, 2.75) is 25.8 Å². The summed E-state index contributed by atoms with van der Waals surface area (Å²) in [6.45, 7) is 1.66. The molecule has 1 atom stereocenters. The maximum Gasteiger partial charge on any atom is 0.326 e. The molecule has 2 aromatic rings. The Morgan fingerprint density at radius 3 is 2.62 bits per heavy atom. The molecule has 1 amide bonds. The number of alkyl halides is 2. The first kappa shape index (κ1) is 17.5. The Morgan fingerprint density at radius 2 is 2.04 bits per heavy atom. The number of hydrogen-bond acceptors (Lipinski definition) is 3. The lowest BCUT2D eigenvalue weighted by Gasteiger charge is -2.12. The van der Waals surface area contributed by atoms with E-state index < -0.39 is 36.6 Å². The van der Waals surface area contributed by atoms with Gasteiger partial charge in [0.1, 0.15) is 11.9 Å². The number of aryl methyl sites for hydroxylation is 1. The summed E-state index contributed by atoms with van der Waals surface area (Å²) in [4.78, 5) is 22.9. The molecule has 0 radical (unpaired) electrons. The van der Waals surface area contributed by atoms with Crippen LogP contribution in [-0.2, 0) is 4.79 Å². The molecule has 6 nitrogen and oxygen atoms in total. The highest BCUT2D eigenvalue weighted by Gasteiger charge is 2.25. The zero-order chi connectivity index (χ0) is 17.9. The molecule has 2 rings (SSSR count). The van der Waals surface area contributed by atoms with Crippen LogP contribution < -0.4 is 5.32 Å². The van der Waals surface area contributed by atoms with Gasteiger partial charge in [-0.15, -0.1) is 0 Å². The van der Waals surface area contributed by atoms with Crippen LogP contribution in [0.4, 0.5) is 13.2 Å². The molecule has 128 valence electrons. The lowest BCUT2D eigenvalue weighted by atomic mass is 10.2. The Bertz CT molecular complexity index is 761. The first-order valence-electron chi connectivity index (χ1n) is 6.92. The second kappa shape index (κ2) is 7.16. The van der Waals surface area contributed by atoms with Gasteiger partial charge in [-0.25, -0.2) is 22.6 Å². The molecule has 2 N–H and O–H groups in total. The van der Waals surface area contributed by atoms with Crippen molar-refractivity contribution < 1.29 is 27.9 Å². The minimum Gasteiger partial charge on any atom is -0.480 e. The minimum absolute atomic E-state index is 0.140. The van der Waals surface area contributed by atoms with E-state index in [0.29, 0.717) is 11.3 Å². The third-order valence-electron chi connectivity index (χ3n) is 3.24. The second-order valence-electron chi connectivity index (χ2n) is 5.07. The number of carbonyl (C=O) groups is 2. The van der Waals surface area contributed by atoms with Crippen LogP contribution in [0, 0.1) is 12.7 Å². The topological polar surface area (TPSA) is 84.2 Å². The Labute approximate surface area is 134 Å². The number of rotatable bonds is 6. The highest BCUT2D eigenvalue weighted by atomic mass is 19.3. The molecule has 24 heavy (non-hydrogen) atoms. The number of amides is 1. The molecular weight excluding hydrogens is 327 g/mol. The number of benzene rings is 1. The van der Waals surface area contributed by atoms with Gasteiger partial charge in [-0.3, -0.25) is 4.79 Å². The number of aliphatic carboxylic acids is 1. The van der Waals surface area contributed by atoms with Crippen LogP contribution >= 0.6 is 0 Å². The van der Waals surface area contributed by atoms with Crippen molar-refractivity contribution in [1.82, 2.24) is 15.1 Å². The van der Waals surface area contributed by atoms with E-state index in [1.54, 1.807) is 6.92 Å². The Morgan fingerprint density at radius 1 is 1.33 bits per heavy atom. The second-order valence-corrected chi connectivity index (χ2v) is 5.07. The molecule has 0 bridgehead atoms. The van der Waals surface area contributed by atoms with Crippen LogP contribution in [0.25, 0.3) is 5.69 Å². The first-order chi connectivity index (χ1) is 11.3. The van der Waals surface area contributed by atoms with Gasteiger partial charge >= 0.3 is 5.97 Å². The summed E-state index contributed by atoms with van der Waals surface area (Å²) in [5, 5.41) is 14.8. The van der Waals surface area contributed by atoms with Crippen LogP contribution in [0.1, 0.15) is 22.5 Å². The molecule has 0 aliphatic heterocycles. The van der Waals surface area contributed by atoms with Gasteiger partial charge in [0.2, 0.25) is 6.43 Å². The van der Waals surface area contributed by atoms with Gasteiger partial charge in [0.05, 0.1) is 5.69 Å². The fourth-order valence-corrected chi connectivity index (χ4v) is 2.09.